The zero-order chi connectivity index (χ0) is 17.3. The van der Waals surface area contributed by atoms with Gasteiger partial charge in [-0.15, -0.1) is 0 Å². The van der Waals surface area contributed by atoms with E-state index in [-0.39, 0.29) is 5.76 Å². The molecule has 24 heavy (non-hydrogen) atoms. The lowest BCUT2D eigenvalue weighted by atomic mass is 10.0. The van der Waals surface area contributed by atoms with Crippen molar-refractivity contribution < 1.29 is 22.7 Å². The quantitative estimate of drug-likeness (QED) is 0.725. The van der Waals surface area contributed by atoms with Crippen molar-refractivity contribution in [2.75, 3.05) is 0 Å². The van der Waals surface area contributed by atoms with Crippen LogP contribution in [0, 0.1) is 6.92 Å². The monoisotopic (exact) mass is 330 g/mol. The number of ether oxygens (including phenoxy) is 1. The van der Waals surface area contributed by atoms with E-state index < -0.39 is 17.7 Å². The van der Waals surface area contributed by atoms with Crippen LogP contribution >= 0.6 is 0 Å². The lowest BCUT2D eigenvalue weighted by molar-refractivity contribution is -0.137. The summed E-state index contributed by atoms with van der Waals surface area (Å²) in [4.78, 5) is 11.6. The van der Waals surface area contributed by atoms with Crippen molar-refractivity contribution in [2.45, 2.75) is 13.1 Å². The van der Waals surface area contributed by atoms with Crippen LogP contribution in [-0.4, -0.2) is 5.97 Å². The Morgan fingerprint density at radius 3 is 2.50 bits per heavy atom. The number of alkyl halides is 3. The molecule has 1 heterocycles. The molecule has 1 aliphatic heterocycles. The van der Waals surface area contributed by atoms with E-state index in [2.05, 4.69) is 0 Å². The second-order valence-corrected chi connectivity index (χ2v) is 5.48. The molecule has 0 saturated heterocycles. The molecule has 0 bridgehead atoms. The Morgan fingerprint density at radius 2 is 1.79 bits per heavy atom. The summed E-state index contributed by atoms with van der Waals surface area (Å²) in [5.41, 5.74) is 1.90. The maximum Gasteiger partial charge on any atom is 0.416 e. The molecule has 122 valence electrons. The van der Waals surface area contributed by atoms with Gasteiger partial charge in [-0.2, -0.15) is 13.2 Å². The average Bonchev–Trinajstić information content (AvgIpc) is 2.87. The third-order valence-electron chi connectivity index (χ3n) is 3.58. The molecular weight excluding hydrogens is 317 g/mol. The summed E-state index contributed by atoms with van der Waals surface area (Å²) in [5, 5.41) is 0. The van der Waals surface area contributed by atoms with E-state index in [9.17, 15) is 18.0 Å². The van der Waals surface area contributed by atoms with Crippen LogP contribution in [0.2, 0.25) is 0 Å². The van der Waals surface area contributed by atoms with E-state index in [0.717, 1.165) is 23.3 Å². The molecule has 0 fully saturated rings. The number of carbonyl (C=O) groups is 1. The van der Waals surface area contributed by atoms with Crippen molar-refractivity contribution in [1.82, 2.24) is 0 Å². The molecule has 0 unspecified atom stereocenters. The number of benzene rings is 2. The molecule has 2 aromatic rings. The third kappa shape index (κ3) is 3.40. The van der Waals surface area contributed by atoms with Crippen molar-refractivity contribution in [3.8, 4) is 0 Å². The molecule has 2 nitrogen and oxygen atoms in total. The van der Waals surface area contributed by atoms with Gasteiger partial charge in [0.15, 0.2) is 0 Å². The Labute approximate surface area is 136 Å². The first-order valence-corrected chi connectivity index (χ1v) is 7.23. The summed E-state index contributed by atoms with van der Waals surface area (Å²) in [6.07, 6.45) is -1.64. The van der Waals surface area contributed by atoms with Crippen molar-refractivity contribution in [3.63, 3.8) is 0 Å². The van der Waals surface area contributed by atoms with Crippen LogP contribution in [0.25, 0.3) is 11.6 Å². The van der Waals surface area contributed by atoms with Crippen molar-refractivity contribution in [3.05, 3.63) is 82.6 Å². The molecule has 0 radical (unpaired) electrons. The Balaban J connectivity index is 2.01. The molecule has 0 saturated carbocycles. The minimum atomic E-state index is -4.42. The molecule has 2 aromatic carbocycles. The third-order valence-corrected chi connectivity index (χ3v) is 3.58. The number of cyclic esters (lactones) is 1. The molecule has 5 heteroatoms. The molecular formula is C19H13F3O2. The minimum Gasteiger partial charge on any atom is -0.423 e. The summed E-state index contributed by atoms with van der Waals surface area (Å²) in [6.45, 7) is 1.91. The molecule has 3 rings (SSSR count). The number of carbonyl (C=O) groups excluding carboxylic acids is 1. The van der Waals surface area contributed by atoms with Crippen molar-refractivity contribution >= 4 is 17.6 Å². The van der Waals surface area contributed by atoms with Gasteiger partial charge in [-0.3, -0.25) is 0 Å². The number of esters is 1. The SMILES string of the molecule is Cc1cccc(C2=CC(=O)O/C2=C\c2cccc(C(F)(F)F)c2)c1. The minimum absolute atomic E-state index is 0.241. The summed E-state index contributed by atoms with van der Waals surface area (Å²) >= 11 is 0. The summed E-state index contributed by atoms with van der Waals surface area (Å²) in [5.74, 6) is -0.297. The predicted molar refractivity (Wildman–Crippen MR) is 84.7 cm³/mol. The molecule has 0 aromatic heterocycles. The van der Waals surface area contributed by atoms with Gasteiger partial charge in [0.25, 0.3) is 0 Å². The first-order chi connectivity index (χ1) is 11.3. The second-order valence-electron chi connectivity index (χ2n) is 5.48. The Bertz CT molecular complexity index is 861. The van der Waals surface area contributed by atoms with Gasteiger partial charge in [-0.1, -0.05) is 42.0 Å². The molecule has 1 aliphatic rings. The highest BCUT2D eigenvalue weighted by atomic mass is 19.4. The number of aryl methyl sites for hydroxylation is 1. The predicted octanol–water partition coefficient (Wildman–Crippen LogP) is 5.00. The number of rotatable bonds is 2. The fraction of sp³-hybridized carbons (Fsp3) is 0.105. The van der Waals surface area contributed by atoms with Crippen LogP contribution < -0.4 is 0 Å². The van der Waals surface area contributed by atoms with Gasteiger partial charge in [-0.05, 0) is 36.3 Å². The maximum atomic E-state index is 12.8. The van der Waals surface area contributed by atoms with Crippen LogP contribution in [0.3, 0.4) is 0 Å². The summed E-state index contributed by atoms with van der Waals surface area (Å²) < 4.78 is 43.6. The highest BCUT2D eigenvalue weighted by molar-refractivity contribution is 6.03. The standard InChI is InChI=1S/C19H13F3O2/c1-12-4-2-6-14(8-12)16-11-18(23)24-17(16)10-13-5-3-7-15(9-13)19(20,21)22/h2-11H,1H3/b17-10-. The molecule has 0 N–H and O–H groups in total. The van der Waals surface area contributed by atoms with Gasteiger partial charge in [0.1, 0.15) is 5.76 Å². The number of hydrogen-bond donors (Lipinski definition) is 0. The lowest BCUT2D eigenvalue weighted by Gasteiger charge is -2.08. The Hall–Kier alpha value is -2.82. The van der Waals surface area contributed by atoms with E-state index in [1.807, 2.05) is 31.2 Å². The molecule has 0 aliphatic carbocycles. The average molecular weight is 330 g/mol. The Morgan fingerprint density at radius 1 is 1.04 bits per heavy atom. The lowest BCUT2D eigenvalue weighted by Crippen LogP contribution is -2.04. The van der Waals surface area contributed by atoms with E-state index in [0.29, 0.717) is 11.1 Å². The normalized spacial score (nSPS) is 16.2. The van der Waals surface area contributed by atoms with Gasteiger partial charge >= 0.3 is 12.1 Å². The fourth-order valence-corrected chi connectivity index (χ4v) is 2.48. The molecule has 0 atom stereocenters. The highest BCUT2D eigenvalue weighted by Crippen LogP contribution is 2.33. The highest BCUT2D eigenvalue weighted by Gasteiger charge is 2.30. The van der Waals surface area contributed by atoms with Crippen molar-refractivity contribution in [2.24, 2.45) is 0 Å². The fourth-order valence-electron chi connectivity index (χ4n) is 2.48. The van der Waals surface area contributed by atoms with Gasteiger partial charge in [0.2, 0.25) is 0 Å². The topological polar surface area (TPSA) is 26.3 Å². The van der Waals surface area contributed by atoms with Crippen LogP contribution in [0.4, 0.5) is 13.2 Å². The molecule has 0 amide bonds. The zero-order valence-corrected chi connectivity index (χ0v) is 12.7. The first kappa shape index (κ1) is 16.1. The number of halogens is 3. The number of hydrogen-bond acceptors (Lipinski definition) is 2. The number of allylic oxidation sites excluding steroid dienone is 1. The van der Waals surface area contributed by atoms with Gasteiger partial charge in [-0.25, -0.2) is 4.79 Å². The van der Waals surface area contributed by atoms with E-state index >= 15 is 0 Å². The van der Waals surface area contributed by atoms with Crippen molar-refractivity contribution in [1.29, 1.82) is 0 Å². The second kappa shape index (κ2) is 6.00. The zero-order valence-electron chi connectivity index (χ0n) is 12.7. The van der Waals surface area contributed by atoms with E-state index in [4.69, 9.17) is 4.74 Å². The molecule has 0 spiro atoms. The van der Waals surface area contributed by atoms with Crippen LogP contribution in [0.1, 0.15) is 22.3 Å². The van der Waals surface area contributed by atoms with E-state index in [1.54, 1.807) is 0 Å². The first-order valence-electron chi connectivity index (χ1n) is 7.23. The maximum absolute atomic E-state index is 12.8. The van der Waals surface area contributed by atoms with Gasteiger partial charge in [0.05, 0.1) is 5.56 Å². The smallest absolute Gasteiger partial charge is 0.416 e. The van der Waals surface area contributed by atoms with Crippen LogP contribution in [0.15, 0.2) is 60.4 Å². The summed E-state index contributed by atoms with van der Waals surface area (Å²) in [6, 6.07) is 12.3. The largest absolute Gasteiger partial charge is 0.423 e. The Kier molecular flexibility index (Phi) is 4.01. The van der Waals surface area contributed by atoms with E-state index in [1.165, 1.54) is 24.3 Å². The van der Waals surface area contributed by atoms with Crippen LogP contribution in [-0.2, 0) is 15.7 Å². The van der Waals surface area contributed by atoms with Crippen LogP contribution in [0.5, 0.6) is 0 Å². The van der Waals surface area contributed by atoms with Gasteiger partial charge in [0, 0.05) is 11.6 Å². The summed E-state index contributed by atoms with van der Waals surface area (Å²) in [7, 11) is 0. The van der Waals surface area contributed by atoms with Gasteiger partial charge < -0.3 is 4.74 Å².